The second-order valence-corrected chi connectivity index (χ2v) is 6.37. The number of carbonyl (C=O) groups excluding carboxylic acids is 2. The highest BCUT2D eigenvalue weighted by atomic mass is 16.6. The molecule has 0 saturated carbocycles. The summed E-state index contributed by atoms with van der Waals surface area (Å²) in [6.45, 7) is 0.866. The predicted octanol–water partition coefficient (Wildman–Crippen LogP) is 3.27. The van der Waals surface area contributed by atoms with Gasteiger partial charge in [-0.15, -0.1) is 0 Å². The molecular formula is C24H24O7. The molecular weight excluding hydrogens is 400 g/mol. The third-order valence-corrected chi connectivity index (χ3v) is 4.12. The van der Waals surface area contributed by atoms with E-state index >= 15 is 0 Å². The number of esters is 2. The first-order valence-electron chi connectivity index (χ1n) is 9.46. The lowest BCUT2D eigenvalue weighted by atomic mass is 10.1. The molecule has 0 aromatic heterocycles. The number of rotatable bonds is 6. The second-order valence-electron chi connectivity index (χ2n) is 6.37. The zero-order valence-electron chi connectivity index (χ0n) is 17.0. The van der Waals surface area contributed by atoms with Gasteiger partial charge in [0.1, 0.15) is 11.5 Å². The number of para-hydroxylation sites is 2. The molecule has 162 valence electrons. The van der Waals surface area contributed by atoms with Gasteiger partial charge in [-0.3, -0.25) is 4.79 Å². The van der Waals surface area contributed by atoms with Crippen LogP contribution in [0.15, 0.2) is 78.9 Å². The molecule has 7 heteroatoms. The molecule has 0 aliphatic heterocycles. The number of aliphatic hydroxyl groups excluding tert-OH is 2. The summed E-state index contributed by atoms with van der Waals surface area (Å²) in [5, 5.41) is 26.8. The zero-order chi connectivity index (χ0) is 22.6. The van der Waals surface area contributed by atoms with Crippen molar-refractivity contribution in [2.75, 3.05) is 0 Å². The first-order chi connectivity index (χ1) is 15.0. The van der Waals surface area contributed by atoms with E-state index in [0.29, 0.717) is 16.7 Å². The van der Waals surface area contributed by atoms with Crippen molar-refractivity contribution in [1.29, 1.82) is 0 Å². The smallest absolute Gasteiger partial charge is 0.357 e. The fourth-order valence-electron chi connectivity index (χ4n) is 2.59. The first kappa shape index (κ1) is 23.6. The van der Waals surface area contributed by atoms with Gasteiger partial charge in [0.15, 0.2) is 0 Å². The summed E-state index contributed by atoms with van der Waals surface area (Å²) < 4.78 is 10.3. The fourth-order valence-corrected chi connectivity index (χ4v) is 2.59. The Hall–Kier alpha value is -3.68. The van der Waals surface area contributed by atoms with E-state index in [1.165, 1.54) is 6.92 Å². The molecule has 0 heterocycles. The van der Waals surface area contributed by atoms with E-state index in [1.807, 2.05) is 0 Å². The van der Waals surface area contributed by atoms with Crippen LogP contribution in [0, 0.1) is 0 Å². The number of hydrogen-bond donors (Lipinski definition) is 3. The quantitative estimate of drug-likeness (QED) is 0.411. The third kappa shape index (κ3) is 7.26. The molecule has 0 spiro atoms. The Bertz CT molecular complexity index is 986. The molecule has 3 aromatic rings. The topological polar surface area (TPSA) is 113 Å². The van der Waals surface area contributed by atoms with E-state index in [0.717, 1.165) is 0 Å². The molecule has 3 rings (SSSR count). The molecule has 0 radical (unpaired) electrons. The van der Waals surface area contributed by atoms with Gasteiger partial charge in [0.2, 0.25) is 6.10 Å². The van der Waals surface area contributed by atoms with E-state index in [1.54, 1.807) is 78.9 Å². The number of hydrogen-bond acceptors (Lipinski definition) is 7. The summed E-state index contributed by atoms with van der Waals surface area (Å²) in [4.78, 5) is 23.6. The molecule has 3 N–H and O–H groups in total. The Morgan fingerprint density at radius 1 is 0.806 bits per heavy atom. The third-order valence-electron chi connectivity index (χ3n) is 4.12. The van der Waals surface area contributed by atoms with Crippen molar-refractivity contribution < 1.29 is 34.4 Å². The van der Waals surface area contributed by atoms with Gasteiger partial charge >= 0.3 is 11.9 Å². The Balaban J connectivity index is 0.000000316. The molecule has 1 atom stereocenters. The van der Waals surface area contributed by atoms with Gasteiger partial charge in [-0.25, -0.2) is 4.79 Å². The summed E-state index contributed by atoms with van der Waals surface area (Å²) in [6.07, 6.45) is -1.15. The van der Waals surface area contributed by atoms with Crippen LogP contribution in [0.3, 0.4) is 0 Å². The van der Waals surface area contributed by atoms with E-state index < -0.39 is 18.0 Å². The van der Waals surface area contributed by atoms with E-state index in [2.05, 4.69) is 0 Å². The van der Waals surface area contributed by atoms with Crippen LogP contribution in [-0.2, 0) is 27.5 Å². The van der Waals surface area contributed by atoms with Crippen molar-refractivity contribution in [3.05, 3.63) is 95.6 Å². The Labute approximate surface area is 180 Å². The highest BCUT2D eigenvalue weighted by molar-refractivity contribution is 5.82. The van der Waals surface area contributed by atoms with Crippen LogP contribution in [0.2, 0.25) is 0 Å². The van der Waals surface area contributed by atoms with Crippen molar-refractivity contribution in [1.82, 2.24) is 0 Å². The maximum Gasteiger partial charge on any atom is 0.357 e. The lowest BCUT2D eigenvalue weighted by Gasteiger charge is -2.17. The molecule has 7 nitrogen and oxygen atoms in total. The molecule has 0 amide bonds. The monoisotopic (exact) mass is 424 g/mol. The van der Waals surface area contributed by atoms with Crippen molar-refractivity contribution >= 4 is 11.9 Å². The standard InChI is InChI=1S/C17H16O5.C7H8O2/c1-12(19)21-16(13-7-3-2-4-8-13)17(20)22-15-10-6-5-9-14(15)11-18;8-5-6-3-1-2-4-7(6)9/h2-10,16,18H,11H2,1H3;1-4,8-9H,5H2/t16-;/m1./s1. The fraction of sp³-hybridized carbons (Fsp3) is 0.167. The van der Waals surface area contributed by atoms with Crippen LogP contribution in [0.1, 0.15) is 29.7 Å². The number of phenols is 1. The highest BCUT2D eigenvalue weighted by Crippen LogP contribution is 2.24. The van der Waals surface area contributed by atoms with E-state index in [-0.39, 0.29) is 24.7 Å². The Kier molecular flexibility index (Phi) is 9.22. The largest absolute Gasteiger partial charge is 0.508 e. The second kappa shape index (κ2) is 12.1. The lowest BCUT2D eigenvalue weighted by molar-refractivity contribution is -0.161. The predicted molar refractivity (Wildman–Crippen MR) is 113 cm³/mol. The van der Waals surface area contributed by atoms with Gasteiger partial charge in [-0.2, -0.15) is 0 Å². The van der Waals surface area contributed by atoms with Gasteiger partial charge in [0.25, 0.3) is 0 Å². The minimum absolute atomic E-state index is 0.104. The average Bonchev–Trinajstić information content (AvgIpc) is 2.79. The van der Waals surface area contributed by atoms with E-state index in [4.69, 9.17) is 19.7 Å². The van der Waals surface area contributed by atoms with Crippen molar-refractivity contribution in [2.24, 2.45) is 0 Å². The molecule has 0 aliphatic carbocycles. The molecule has 0 aliphatic rings. The molecule has 3 aromatic carbocycles. The zero-order valence-corrected chi connectivity index (χ0v) is 17.0. The maximum absolute atomic E-state index is 12.3. The number of aromatic hydroxyl groups is 1. The van der Waals surface area contributed by atoms with Crippen molar-refractivity contribution in [3.8, 4) is 11.5 Å². The highest BCUT2D eigenvalue weighted by Gasteiger charge is 2.26. The first-order valence-corrected chi connectivity index (χ1v) is 9.46. The van der Waals surface area contributed by atoms with Gasteiger partial charge in [-0.05, 0) is 12.1 Å². The van der Waals surface area contributed by atoms with E-state index in [9.17, 15) is 14.7 Å². The Morgan fingerprint density at radius 3 is 1.90 bits per heavy atom. The van der Waals surface area contributed by atoms with Gasteiger partial charge in [0, 0.05) is 23.6 Å². The molecule has 0 fully saturated rings. The summed E-state index contributed by atoms with van der Waals surface area (Å²) in [5.41, 5.74) is 1.56. The SMILES string of the molecule is CC(=O)O[C@@H](C(=O)Oc1ccccc1CO)c1ccccc1.OCc1ccccc1O. The lowest BCUT2D eigenvalue weighted by Crippen LogP contribution is -2.23. The molecule has 31 heavy (non-hydrogen) atoms. The van der Waals surface area contributed by atoms with Crippen LogP contribution in [0.25, 0.3) is 0 Å². The number of ether oxygens (including phenoxy) is 2. The summed E-state index contributed by atoms with van der Waals surface area (Å²) >= 11 is 0. The summed E-state index contributed by atoms with van der Waals surface area (Å²) in [7, 11) is 0. The normalized spacial score (nSPS) is 10.9. The average molecular weight is 424 g/mol. The molecule has 0 saturated heterocycles. The van der Waals surface area contributed by atoms with Gasteiger partial charge < -0.3 is 24.8 Å². The van der Waals surface area contributed by atoms with Crippen LogP contribution in [0.5, 0.6) is 11.5 Å². The Morgan fingerprint density at radius 2 is 1.35 bits per heavy atom. The van der Waals surface area contributed by atoms with Crippen molar-refractivity contribution in [3.63, 3.8) is 0 Å². The van der Waals surface area contributed by atoms with Crippen LogP contribution in [-0.4, -0.2) is 27.3 Å². The van der Waals surface area contributed by atoms with Crippen LogP contribution < -0.4 is 4.74 Å². The number of aliphatic hydroxyl groups is 2. The summed E-state index contributed by atoms with van der Waals surface area (Å²) in [6, 6.07) is 21.9. The molecule has 0 unspecified atom stereocenters. The van der Waals surface area contributed by atoms with Gasteiger partial charge in [0.05, 0.1) is 13.2 Å². The van der Waals surface area contributed by atoms with Crippen molar-refractivity contribution in [2.45, 2.75) is 26.2 Å². The number of carbonyl (C=O) groups is 2. The minimum Gasteiger partial charge on any atom is -0.508 e. The number of benzene rings is 3. The maximum atomic E-state index is 12.3. The van der Waals surface area contributed by atoms with Gasteiger partial charge in [-0.1, -0.05) is 66.7 Å². The minimum atomic E-state index is -1.15. The summed E-state index contributed by atoms with van der Waals surface area (Å²) in [5.74, 6) is -0.911. The molecule has 0 bridgehead atoms. The van der Waals surface area contributed by atoms with Crippen LogP contribution >= 0.6 is 0 Å². The van der Waals surface area contributed by atoms with Crippen LogP contribution in [0.4, 0.5) is 0 Å².